The summed E-state index contributed by atoms with van der Waals surface area (Å²) in [6.07, 6.45) is 2.37. The maximum atomic E-state index is 11.9. The Morgan fingerprint density at radius 3 is 2.62 bits per heavy atom. The normalized spacial score (nSPS) is 10.7. The van der Waals surface area contributed by atoms with Crippen LogP contribution in [-0.2, 0) is 16.0 Å². The fraction of sp³-hybridized carbons (Fsp3) is 0.158. The molecule has 7 heteroatoms. The van der Waals surface area contributed by atoms with Gasteiger partial charge < -0.3 is 15.6 Å². The summed E-state index contributed by atoms with van der Waals surface area (Å²) in [6.45, 7) is 0.459. The van der Waals surface area contributed by atoms with Crippen LogP contribution in [-0.4, -0.2) is 23.3 Å². The summed E-state index contributed by atoms with van der Waals surface area (Å²) in [6, 6.07) is 12.7. The molecule has 26 heavy (non-hydrogen) atoms. The van der Waals surface area contributed by atoms with E-state index in [1.807, 2.05) is 30.5 Å². The van der Waals surface area contributed by atoms with Gasteiger partial charge in [-0.3, -0.25) is 9.59 Å². The number of aromatic amines is 1. The van der Waals surface area contributed by atoms with Crippen LogP contribution in [0.2, 0.25) is 10.0 Å². The molecule has 3 rings (SSSR count). The molecule has 0 saturated carbocycles. The Kier molecular flexibility index (Phi) is 5.81. The quantitative estimate of drug-likeness (QED) is 0.553. The molecule has 1 heterocycles. The number of H-pyrrole nitrogens is 1. The number of amides is 2. The largest absolute Gasteiger partial charge is 0.361 e. The van der Waals surface area contributed by atoms with Crippen molar-refractivity contribution in [2.75, 3.05) is 11.9 Å². The first kappa shape index (κ1) is 18.3. The zero-order chi connectivity index (χ0) is 18.5. The highest BCUT2D eigenvalue weighted by Gasteiger charge is 2.11. The highest BCUT2D eigenvalue weighted by Crippen LogP contribution is 2.25. The second kappa shape index (κ2) is 8.25. The summed E-state index contributed by atoms with van der Waals surface area (Å²) in [5, 5.41) is 7.26. The van der Waals surface area contributed by atoms with E-state index in [1.54, 1.807) is 12.1 Å². The van der Waals surface area contributed by atoms with Gasteiger partial charge in [0.1, 0.15) is 6.42 Å². The highest BCUT2D eigenvalue weighted by atomic mass is 35.5. The number of anilines is 1. The van der Waals surface area contributed by atoms with Crippen LogP contribution in [0.4, 0.5) is 5.69 Å². The van der Waals surface area contributed by atoms with Gasteiger partial charge in [0, 0.05) is 29.3 Å². The zero-order valence-corrected chi connectivity index (χ0v) is 15.3. The molecule has 0 aliphatic heterocycles. The lowest BCUT2D eigenvalue weighted by atomic mass is 10.1. The second-order valence-electron chi connectivity index (χ2n) is 5.81. The molecule has 0 unspecified atom stereocenters. The third-order valence-corrected chi connectivity index (χ3v) is 4.65. The molecule has 0 radical (unpaired) electrons. The van der Waals surface area contributed by atoms with Crippen molar-refractivity contribution in [1.82, 2.24) is 10.3 Å². The first-order valence-corrected chi connectivity index (χ1v) is 8.85. The Balaban J connectivity index is 1.46. The van der Waals surface area contributed by atoms with Gasteiger partial charge in [-0.15, -0.1) is 0 Å². The average molecular weight is 390 g/mol. The number of aromatic nitrogens is 1. The Labute approximate surface area is 160 Å². The van der Waals surface area contributed by atoms with E-state index in [9.17, 15) is 9.59 Å². The van der Waals surface area contributed by atoms with Crippen LogP contribution in [0.3, 0.4) is 0 Å². The van der Waals surface area contributed by atoms with Crippen molar-refractivity contribution in [2.45, 2.75) is 12.8 Å². The minimum Gasteiger partial charge on any atom is -0.361 e. The van der Waals surface area contributed by atoms with E-state index in [2.05, 4.69) is 15.6 Å². The smallest absolute Gasteiger partial charge is 0.233 e. The zero-order valence-electron chi connectivity index (χ0n) is 13.8. The fourth-order valence-corrected chi connectivity index (χ4v) is 2.96. The summed E-state index contributed by atoms with van der Waals surface area (Å²) >= 11 is 11.7. The van der Waals surface area contributed by atoms with E-state index >= 15 is 0 Å². The Bertz CT molecular complexity index is 953. The van der Waals surface area contributed by atoms with Crippen molar-refractivity contribution in [3.05, 3.63) is 64.3 Å². The molecule has 0 spiro atoms. The molecule has 2 amide bonds. The van der Waals surface area contributed by atoms with Crippen LogP contribution in [0, 0.1) is 0 Å². The molecule has 3 N–H and O–H groups in total. The van der Waals surface area contributed by atoms with E-state index in [1.165, 1.54) is 6.07 Å². The van der Waals surface area contributed by atoms with Crippen LogP contribution < -0.4 is 10.6 Å². The summed E-state index contributed by atoms with van der Waals surface area (Å²) in [4.78, 5) is 27.1. The number of halogens is 2. The predicted octanol–water partition coefficient (Wildman–Crippen LogP) is 4.16. The number of hydrogen-bond donors (Lipinski definition) is 3. The molecular formula is C19H17Cl2N3O2. The molecule has 5 nitrogen and oxygen atoms in total. The van der Waals surface area contributed by atoms with Gasteiger partial charge in [0.05, 0.1) is 10.0 Å². The van der Waals surface area contributed by atoms with Crippen molar-refractivity contribution in [3.63, 3.8) is 0 Å². The lowest BCUT2D eigenvalue weighted by Crippen LogP contribution is -2.29. The Morgan fingerprint density at radius 1 is 1.00 bits per heavy atom. The van der Waals surface area contributed by atoms with Crippen molar-refractivity contribution in [1.29, 1.82) is 0 Å². The number of rotatable bonds is 6. The minimum absolute atomic E-state index is 0.256. The summed E-state index contributed by atoms with van der Waals surface area (Å²) in [7, 11) is 0. The monoisotopic (exact) mass is 389 g/mol. The maximum absolute atomic E-state index is 11.9. The van der Waals surface area contributed by atoms with Gasteiger partial charge in [0.25, 0.3) is 0 Å². The molecule has 0 aliphatic rings. The van der Waals surface area contributed by atoms with Gasteiger partial charge in [-0.25, -0.2) is 0 Å². The molecule has 0 fully saturated rings. The van der Waals surface area contributed by atoms with E-state index in [0.717, 1.165) is 16.5 Å². The number of hydrogen-bond acceptors (Lipinski definition) is 2. The average Bonchev–Trinajstić information content (AvgIpc) is 3.01. The number of carbonyl (C=O) groups excluding carboxylic acids is 2. The lowest BCUT2D eigenvalue weighted by molar-refractivity contribution is -0.126. The van der Waals surface area contributed by atoms with Gasteiger partial charge in [0.2, 0.25) is 11.8 Å². The SMILES string of the molecule is O=C(CC(=O)Nc1ccc(Cl)c(Cl)c1)NCCc1c[nH]c2ccccc12. The van der Waals surface area contributed by atoms with E-state index in [-0.39, 0.29) is 12.3 Å². The minimum atomic E-state index is -0.409. The van der Waals surface area contributed by atoms with E-state index in [0.29, 0.717) is 28.7 Å². The van der Waals surface area contributed by atoms with Gasteiger partial charge in [-0.1, -0.05) is 41.4 Å². The first-order valence-electron chi connectivity index (χ1n) is 8.09. The third-order valence-electron chi connectivity index (χ3n) is 3.92. The molecule has 0 atom stereocenters. The third kappa shape index (κ3) is 4.56. The van der Waals surface area contributed by atoms with Crippen molar-refractivity contribution in [2.24, 2.45) is 0 Å². The molecule has 2 aromatic carbocycles. The molecule has 3 aromatic rings. The van der Waals surface area contributed by atoms with Gasteiger partial charge >= 0.3 is 0 Å². The number of benzene rings is 2. The molecular weight excluding hydrogens is 373 g/mol. The van der Waals surface area contributed by atoms with E-state index < -0.39 is 5.91 Å². The number of carbonyl (C=O) groups is 2. The molecule has 1 aromatic heterocycles. The Hall–Kier alpha value is -2.50. The molecule has 0 aliphatic carbocycles. The standard InChI is InChI=1S/C19H17Cl2N3O2/c20-15-6-5-13(9-16(15)21)24-19(26)10-18(25)22-8-7-12-11-23-17-4-2-1-3-14(12)17/h1-6,9,11,23H,7-8,10H2,(H,22,25)(H,24,26). The topological polar surface area (TPSA) is 74.0 Å². The Morgan fingerprint density at radius 2 is 1.81 bits per heavy atom. The first-order chi connectivity index (χ1) is 12.5. The fourth-order valence-electron chi connectivity index (χ4n) is 2.66. The van der Waals surface area contributed by atoms with Crippen LogP contribution in [0.5, 0.6) is 0 Å². The van der Waals surface area contributed by atoms with Gasteiger partial charge in [-0.05, 0) is 36.2 Å². The molecule has 0 saturated heterocycles. The summed E-state index contributed by atoms with van der Waals surface area (Å²) < 4.78 is 0. The van der Waals surface area contributed by atoms with E-state index in [4.69, 9.17) is 23.2 Å². The maximum Gasteiger partial charge on any atom is 0.233 e. The van der Waals surface area contributed by atoms with Gasteiger partial charge in [-0.2, -0.15) is 0 Å². The molecule has 134 valence electrons. The highest BCUT2D eigenvalue weighted by molar-refractivity contribution is 6.42. The summed E-state index contributed by atoms with van der Waals surface area (Å²) in [5.41, 5.74) is 2.69. The summed E-state index contributed by atoms with van der Waals surface area (Å²) in [5.74, 6) is -0.740. The number of para-hydroxylation sites is 1. The van der Waals surface area contributed by atoms with Crippen molar-refractivity contribution in [3.8, 4) is 0 Å². The number of nitrogens with one attached hydrogen (secondary N) is 3. The lowest BCUT2D eigenvalue weighted by Gasteiger charge is -2.07. The van der Waals surface area contributed by atoms with Crippen LogP contribution in [0.1, 0.15) is 12.0 Å². The van der Waals surface area contributed by atoms with Crippen molar-refractivity contribution < 1.29 is 9.59 Å². The van der Waals surface area contributed by atoms with Gasteiger partial charge in [0.15, 0.2) is 0 Å². The van der Waals surface area contributed by atoms with Crippen LogP contribution in [0.25, 0.3) is 10.9 Å². The number of fused-ring (bicyclic) bond motifs is 1. The van der Waals surface area contributed by atoms with Crippen LogP contribution in [0.15, 0.2) is 48.7 Å². The van der Waals surface area contributed by atoms with Crippen LogP contribution >= 0.6 is 23.2 Å². The van der Waals surface area contributed by atoms with Crippen molar-refractivity contribution >= 4 is 51.6 Å². The molecule has 0 bridgehead atoms. The second-order valence-corrected chi connectivity index (χ2v) is 6.63. The predicted molar refractivity (Wildman–Crippen MR) is 105 cm³/mol.